The molecule has 5 rings (SSSR count). The predicted octanol–water partition coefficient (Wildman–Crippen LogP) is 6.75. The summed E-state index contributed by atoms with van der Waals surface area (Å²) in [6.45, 7) is 6.54. The highest BCUT2D eigenvalue weighted by Gasteiger charge is 2.43. The Balaban J connectivity index is 1.51. The van der Waals surface area contributed by atoms with Gasteiger partial charge >= 0.3 is 5.97 Å². The van der Waals surface area contributed by atoms with E-state index in [1.807, 2.05) is 55.5 Å². The average Bonchev–Trinajstić information content (AvgIpc) is 2.91. The molecule has 39 heavy (non-hydrogen) atoms. The van der Waals surface area contributed by atoms with E-state index in [2.05, 4.69) is 19.2 Å². The van der Waals surface area contributed by atoms with Crippen molar-refractivity contribution < 1.29 is 23.8 Å². The van der Waals surface area contributed by atoms with Crippen LogP contribution in [0.25, 0.3) is 0 Å². The number of ether oxygens (including phenoxy) is 3. The molecule has 0 radical (unpaired) electrons. The van der Waals surface area contributed by atoms with Crippen LogP contribution in [-0.2, 0) is 20.9 Å². The van der Waals surface area contributed by atoms with Gasteiger partial charge in [0.2, 0.25) is 0 Å². The molecule has 2 aromatic carbocycles. The average molecular weight is 530 g/mol. The molecule has 1 saturated carbocycles. The molecule has 0 aromatic heterocycles. The molecule has 0 bridgehead atoms. The Hall–Kier alpha value is -3.54. The Morgan fingerprint density at radius 2 is 1.74 bits per heavy atom. The summed E-state index contributed by atoms with van der Waals surface area (Å²) in [6.07, 6.45) is 6.19. The molecule has 1 heterocycles. The van der Waals surface area contributed by atoms with E-state index in [1.54, 1.807) is 7.11 Å². The van der Waals surface area contributed by atoms with E-state index >= 15 is 0 Å². The van der Waals surface area contributed by atoms with Crippen molar-refractivity contribution in [3.8, 4) is 11.5 Å². The second-order valence-electron chi connectivity index (χ2n) is 11.8. The molecule has 6 heteroatoms. The Morgan fingerprint density at radius 3 is 2.46 bits per heavy atom. The fraction of sp³-hybridized carbons (Fsp3) is 0.455. The standard InChI is InChI=1S/C33H39NO5/c1-21-29(32(36)39-24-13-9-6-10-14-24)30(31-25(34-21)18-33(2,3)19-26(31)35)23-15-16-27(28(17-23)37-4)38-20-22-11-7-5-8-12-22/h5,7-8,11-12,15-17,24,30,34H,6,9-10,13-14,18-20H2,1-4H3/t30-/m0/s1. The lowest BCUT2D eigenvalue weighted by molar-refractivity contribution is -0.146. The molecule has 206 valence electrons. The van der Waals surface area contributed by atoms with Gasteiger partial charge in [0.05, 0.1) is 12.7 Å². The Kier molecular flexibility index (Phi) is 7.83. The third kappa shape index (κ3) is 5.90. The number of hydrogen-bond donors (Lipinski definition) is 1. The number of nitrogens with one attached hydrogen (secondary N) is 1. The number of rotatable bonds is 7. The monoisotopic (exact) mass is 529 g/mol. The summed E-state index contributed by atoms with van der Waals surface area (Å²) in [6, 6.07) is 15.7. The molecule has 0 spiro atoms. The van der Waals surface area contributed by atoms with Crippen molar-refractivity contribution >= 4 is 11.8 Å². The zero-order valence-electron chi connectivity index (χ0n) is 23.5. The number of hydrogen-bond acceptors (Lipinski definition) is 6. The third-order valence-corrected chi connectivity index (χ3v) is 8.04. The highest BCUT2D eigenvalue weighted by atomic mass is 16.5. The minimum absolute atomic E-state index is 0.0672. The van der Waals surface area contributed by atoms with Crippen LogP contribution in [0.4, 0.5) is 0 Å². The van der Waals surface area contributed by atoms with Gasteiger partial charge in [-0.15, -0.1) is 0 Å². The van der Waals surface area contributed by atoms with E-state index in [-0.39, 0.29) is 23.3 Å². The second kappa shape index (κ2) is 11.3. The van der Waals surface area contributed by atoms with Gasteiger partial charge in [-0.1, -0.05) is 56.7 Å². The first-order valence-corrected chi connectivity index (χ1v) is 14.1. The molecule has 0 amide bonds. The summed E-state index contributed by atoms with van der Waals surface area (Å²) in [5.74, 6) is 0.363. The summed E-state index contributed by atoms with van der Waals surface area (Å²) >= 11 is 0. The van der Waals surface area contributed by atoms with Crippen molar-refractivity contribution in [2.75, 3.05) is 7.11 Å². The van der Waals surface area contributed by atoms with Crippen molar-refractivity contribution in [1.29, 1.82) is 0 Å². The molecule has 1 aliphatic heterocycles. The van der Waals surface area contributed by atoms with E-state index in [0.717, 1.165) is 54.6 Å². The highest BCUT2D eigenvalue weighted by molar-refractivity contribution is 6.04. The van der Waals surface area contributed by atoms with Crippen LogP contribution in [0.2, 0.25) is 0 Å². The first-order chi connectivity index (χ1) is 18.8. The molecule has 0 unspecified atom stereocenters. The number of carbonyl (C=O) groups excluding carboxylic acids is 2. The van der Waals surface area contributed by atoms with Crippen LogP contribution in [0.3, 0.4) is 0 Å². The largest absolute Gasteiger partial charge is 0.493 e. The Morgan fingerprint density at radius 1 is 1.00 bits per heavy atom. The maximum Gasteiger partial charge on any atom is 0.337 e. The lowest BCUT2D eigenvalue weighted by Crippen LogP contribution is -2.39. The number of Topliss-reactive ketones (excluding diaryl/α,β-unsaturated/α-hetero) is 1. The van der Waals surface area contributed by atoms with Crippen LogP contribution >= 0.6 is 0 Å². The SMILES string of the molecule is COc1cc([C@H]2C(C(=O)OC3CCCCC3)=C(C)NC3=C2C(=O)CC(C)(C)C3)ccc1OCc1ccccc1. The smallest absolute Gasteiger partial charge is 0.337 e. The van der Waals surface area contributed by atoms with Crippen molar-refractivity contribution in [3.05, 3.63) is 82.2 Å². The molecule has 3 aliphatic rings. The van der Waals surface area contributed by atoms with Crippen molar-refractivity contribution in [3.63, 3.8) is 0 Å². The van der Waals surface area contributed by atoms with E-state index in [1.165, 1.54) is 6.42 Å². The molecule has 0 saturated heterocycles. The molecule has 1 fully saturated rings. The first kappa shape index (κ1) is 27.0. The van der Waals surface area contributed by atoms with Gasteiger partial charge in [0.15, 0.2) is 17.3 Å². The topological polar surface area (TPSA) is 73.9 Å². The number of methoxy groups -OCH3 is 1. The zero-order valence-corrected chi connectivity index (χ0v) is 23.5. The van der Waals surface area contributed by atoms with Gasteiger partial charge in [-0.25, -0.2) is 4.79 Å². The van der Waals surface area contributed by atoms with E-state index in [0.29, 0.717) is 35.7 Å². The maximum absolute atomic E-state index is 13.7. The van der Waals surface area contributed by atoms with Gasteiger partial charge in [-0.3, -0.25) is 4.79 Å². The summed E-state index contributed by atoms with van der Waals surface area (Å²) < 4.78 is 17.9. The number of carbonyl (C=O) groups is 2. The molecular weight excluding hydrogens is 490 g/mol. The number of esters is 1. The minimum Gasteiger partial charge on any atom is -0.493 e. The minimum atomic E-state index is -0.530. The number of benzene rings is 2. The van der Waals surface area contributed by atoms with Gasteiger partial charge in [0.25, 0.3) is 0 Å². The Bertz CT molecular complexity index is 1300. The molecule has 6 nitrogen and oxygen atoms in total. The fourth-order valence-corrected chi connectivity index (χ4v) is 6.16. The van der Waals surface area contributed by atoms with E-state index in [4.69, 9.17) is 14.2 Å². The summed E-state index contributed by atoms with van der Waals surface area (Å²) in [4.78, 5) is 27.4. The lowest BCUT2D eigenvalue weighted by atomic mass is 9.68. The molecular formula is C33H39NO5. The van der Waals surface area contributed by atoms with Crippen molar-refractivity contribution in [2.45, 2.75) is 84.3 Å². The summed E-state index contributed by atoms with van der Waals surface area (Å²) in [5.41, 5.74) is 4.53. The van der Waals surface area contributed by atoms with Crippen LogP contribution in [0.1, 0.15) is 82.8 Å². The van der Waals surface area contributed by atoms with Crippen LogP contribution in [-0.4, -0.2) is 25.0 Å². The van der Waals surface area contributed by atoms with Crippen molar-refractivity contribution in [1.82, 2.24) is 5.32 Å². The summed E-state index contributed by atoms with van der Waals surface area (Å²) in [5, 5.41) is 3.43. The fourth-order valence-electron chi connectivity index (χ4n) is 6.16. The first-order valence-electron chi connectivity index (χ1n) is 14.1. The highest BCUT2D eigenvalue weighted by Crippen LogP contribution is 2.48. The normalized spacial score (nSPS) is 21.2. The van der Waals surface area contributed by atoms with E-state index < -0.39 is 5.92 Å². The van der Waals surface area contributed by atoms with Gasteiger partial charge in [-0.2, -0.15) is 0 Å². The third-order valence-electron chi connectivity index (χ3n) is 8.04. The van der Waals surface area contributed by atoms with Crippen LogP contribution in [0, 0.1) is 5.41 Å². The van der Waals surface area contributed by atoms with Crippen LogP contribution in [0.15, 0.2) is 71.1 Å². The number of ketones is 1. The van der Waals surface area contributed by atoms with E-state index in [9.17, 15) is 9.59 Å². The quantitative estimate of drug-likeness (QED) is 0.400. The lowest BCUT2D eigenvalue weighted by Gasteiger charge is -2.39. The molecule has 2 aliphatic carbocycles. The summed E-state index contributed by atoms with van der Waals surface area (Å²) in [7, 11) is 1.61. The van der Waals surface area contributed by atoms with Gasteiger partial charge in [0, 0.05) is 29.3 Å². The van der Waals surface area contributed by atoms with Crippen LogP contribution in [0.5, 0.6) is 11.5 Å². The molecule has 2 aromatic rings. The predicted molar refractivity (Wildman–Crippen MR) is 150 cm³/mol. The van der Waals surface area contributed by atoms with Gasteiger partial charge in [-0.05, 0) is 67.7 Å². The Labute approximate surface area is 231 Å². The number of dihydropyridines is 1. The van der Waals surface area contributed by atoms with Crippen LogP contribution < -0.4 is 14.8 Å². The van der Waals surface area contributed by atoms with Gasteiger partial charge < -0.3 is 19.5 Å². The number of allylic oxidation sites excluding steroid dienone is 3. The molecule has 1 N–H and O–H groups in total. The van der Waals surface area contributed by atoms with Crippen molar-refractivity contribution in [2.24, 2.45) is 5.41 Å². The maximum atomic E-state index is 13.7. The second-order valence-corrected chi connectivity index (χ2v) is 11.8. The zero-order chi connectivity index (χ0) is 27.6. The van der Waals surface area contributed by atoms with Gasteiger partial charge in [0.1, 0.15) is 12.7 Å². The molecule has 1 atom stereocenters.